The summed E-state index contributed by atoms with van der Waals surface area (Å²) < 4.78 is 39.0. The van der Waals surface area contributed by atoms with Crippen LogP contribution in [0.5, 0.6) is 5.75 Å². The third kappa shape index (κ3) is 4.86. The molecule has 0 radical (unpaired) electrons. The average Bonchev–Trinajstić information content (AvgIpc) is 3.20. The number of ketones is 1. The molecule has 0 aromatic heterocycles. The molecule has 2 aliphatic rings. The normalized spacial score (nSPS) is 19.7. The summed E-state index contributed by atoms with van der Waals surface area (Å²) in [6.07, 6.45) is -3.59. The summed E-state index contributed by atoms with van der Waals surface area (Å²) in [4.78, 5) is 41.0. The molecule has 174 valence electrons. The first-order valence-electron chi connectivity index (χ1n) is 10.7. The maximum atomic E-state index is 13.0. The van der Waals surface area contributed by atoms with E-state index in [0.29, 0.717) is 31.5 Å². The second kappa shape index (κ2) is 8.88. The number of aromatic hydroxyl groups is 1. The number of hydrogen-bond donors (Lipinski definition) is 1. The monoisotopic (exact) mass is 460 g/mol. The van der Waals surface area contributed by atoms with Gasteiger partial charge in [-0.05, 0) is 55.3 Å². The zero-order valence-corrected chi connectivity index (χ0v) is 17.7. The maximum Gasteiger partial charge on any atom is 0.416 e. The van der Waals surface area contributed by atoms with Crippen LogP contribution in [0.3, 0.4) is 0 Å². The van der Waals surface area contributed by atoms with Crippen LogP contribution in [0.4, 0.5) is 18.9 Å². The van der Waals surface area contributed by atoms with Crippen LogP contribution < -0.4 is 4.90 Å². The molecule has 1 atom stereocenters. The molecule has 33 heavy (non-hydrogen) atoms. The van der Waals surface area contributed by atoms with Gasteiger partial charge in [-0.1, -0.05) is 6.07 Å². The van der Waals surface area contributed by atoms with E-state index in [9.17, 15) is 32.7 Å². The van der Waals surface area contributed by atoms with Crippen LogP contribution >= 0.6 is 0 Å². The lowest BCUT2D eigenvalue weighted by Crippen LogP contribution is -2.43. The lowest BCUT2D eigenvalue weighted by molar-refractivity contribution is -0.138. The SMILES string of the molecule is O=C(c1ccc(O)cc1)C1CCN(C(=O)C2CC(=O)N(c3cccc(C(F)(F)F)c3)C2)CC1. The van der Waals surface area contributed by atoms with Gasteiger partial charge in [0.05, 0.1) is 11.5 Å². The number of piperidine rings is 1. The highest BCUT2D eigenvalue weighted by Crippen LogP contribution is 2.34. The first-order chi connectivity index (χ1) is 15.6. The number of halogens is 3. The van der Waals surface area contributed by atoms with E-state index in [1.54, 1.807) is 17.0 Å². The summed E-state index contributed by atoms with van der Waals surface area (Å²) in [7, 11) is 0. The minimum absolute atomic E-state index is 0.0331. The smallest absolute Gasteiger partial charge is 0.416 e. The number of carbonyl (C=O) groups excluding carboxylic acids is 3. The number of carbonyl (C=O) groups is 3. The van der Waals surface area contributed by atoms with Crippen LogP contribution in [0.25, 0.3) is 0 Å². The van der Waals surface area contributed by atoms with E-state index in [0.717, 1.165) is 12.1 Å². The van der Waals surface area contributed by atoms with E-state index in [-0.39, 0.29) is 47.9 Å². The number of phenols is 1. The number of alkyl halides is 3. The van der Waals surface area contributed by atoms with Crippen LogP contribution in [0.2, 0.25) is 0 Å². The van der Waals surface area contributed by atoms with Gasteiger partial charge in [0, 0.05) is 43.2 Å². The van der Waals surface area contributed by atoms with Crippen molar-refractivity contribution < 1.29 is 32.7 Å². The van der Waals surface area contributed by atoms with Gasteiger partial charge in [-0.3, -0.25) is 14.4 Å². The van der Waals surface area contributed by atoms with Gasteiger partial charge in [0.25, 0.3) is 0 Å². The molecule has 1 unspecified atom stereocenters. The Labute approximate surface area is 188 Å². The fraction of sp³-hybridized carbons (Fsp3) is 0.375. The van der Waals surface area contributed by atoms with E-state index in [1.807, 2.05) is 0 Å². The highest BCUT2D eigenvalue weighted by Gasteiger charge is 2.39. The van der Waals surface area contributed by atoms with Gasteiger partial charge in [-0.15, -0.1) is 0 Å². The number of likely N-dealkylation sites (tertiary alicyclic amines) is 1. The first-order valence-corrected chi connectivity index (χ1v) is 10.7. The summed E-state index contributed by atoms with van der Waals surface area (Å²) in [6.45, 7) is 0.786. The number of benzene rings is 2. The number of Topliss-reactive ketones (excluding diaryl/α,β-unsaturated/α-hetero) is 1. The van der Waals surface area contributed by atoms with Crippen molar-refractivity contribution in [3.63, 3.8) is 0 Å². The third-order valence-electron chi connectivity index (χ3n) is 6.29. The molecule has 0 saturated carbocycles. The van der Waals surface area contributed by atoms with Crippen molar-refractivity contribution in [1.29, 1.82) is 0 Å². The van der Waals surface area contributed by atoms with Crippen molar-refractivity contribution in [2.24, 2.45) is 11.8 Å². The molecule has 0 aliphatic carbocycles. The van der Waals surface area contributed by atoms with Crippen molar-refractivity contribution in [3.8, 4) is 5.75 Å². The van der Waals surface area contributed by atoms with Crippen molar-refractivity contribution in [1.82, 2.24) is 4.90 Å². The summed E-state index contributed by atoms with van der Waals surface area (Å²) in [5, 5.41) is 9.37. The topological polar surface area (TPSA) is 77.9 Å². The third-order valence-corrected chi connectivity index (χ3v) is 6.29. The fourth-order valence-corrected chi connectivity index (χ4v) is 4.45. The number of rotatable bonds is 4. The predicted molar refractivity (Wildman–Crippen MR) is 114 cm³/mol. The van der Waals surface area contributed by atoms with Crippen molar-refractivity contribution >= 4 is 23.3 Å². The van der Waals surface area contributed by atoms with Crippen LogP contribution in [-0.4, -0.2) is 47.2 Å². The van der Waals surface area contributed by atoms with Gasteiger partial charge in [0.15, 0.2) is 5.78 Å². The summed E-state index contributed by atoms with van der Waals surface area (Å²) in [5.74, 6) is -1.41. The average molecular weight is 460 g/mol. The Balaban J connectivity index is 1.36. The largest absolute Gasteiger partial charge is 0.508 e. The first kappa shape index (κ1) is 22.8. The summed E-state index contributed by atoms with van der Waals surface area (Å²) in [6, 6.07) is 10.6. The maximum absolute atomic E-state index is 13.0. The van der Waals surface area contributed by atoms with Gasteiger partial charge in [-0.2, -0.15) is 13.2 Å². The minimum atomic E-state index is -4.52. The van der Waals surface area contributed by atoms with E-state index >= 15 is 0 Å². The van der Waals surface area contributed by atoms with Crippen LogP contribution in [0.15, 0.2) is 48.5 Å². The van der Waals surface area contributed by atoms with Crippen LogP contribution in [0.1, 0.15) is 35.2 Å². The van der Waals surface area contributed by atoms with E-state index in [4.69, 9.17) is 0 Å². The quantitative estimate of drug-likeness (QED) is 0.703. The summed E-state index contributed by atoms with van der Waals surface area (Å²) in [5.41, 5.74) is -0.207. The Kier molecular flexibility index (Phi) is 6.14. The number of nitrogens with zero attached hydrogens (tertiary/aromatic N) is 2. The number of hydrogen-bond acceptors (Lipinski definition) is 4. The number of phenolic OH excluding ortho intramolecular Hbond substituents is 1. The highest BCUT2D eigenvalue weighted by molar-refractivity contribution is 6.01. The van der Waals surface area contributed by atoms with E-state index in [2.05, 4.69) is 0 Å². The molecule has 2 fully saturated rings. The molecule has 0 bridgehead atoms. The van der Waals surface area contributed by atoms with Crippen molar-refractivity contribution in [3.05, 3.63) is 59.7 Å². The Bertz CT molecular complexity index is 1060. The Morgan fingerprint density at radius 3 is 2.27 bits per heavy atom. The molecule has 2 amide bonds. The Morgan fingerprint density at radius 2 is 1.64 bits per heavy atom. The second-order valence-corrected chi connectivity index (χ2v) is 8.46. The van der Waals surface area contributed by atoms with E-state index in [1.165, 1.54) is 29.2 Å². The molecule has 9 heteroatoms. The van der Waals surface area contributed by atoms with Gasteiger partial charge in [-0.25, -0.2) is 0 Å². The van der Waals surface area contributed by atoms with Crippen LogP contribution in [-0.2, 0) is 15.8 Å². The molecule has 2 aromatic rings. The van der Waals surface area contributed by atoms with Gasteiger partial charge in [0.1, 0.15) is 5.75 Å². The molecule has 1 N–H and O–H groups in total. The van der Waals surface area contributed by atoms with Crippen molar-refractivity contribution in [2.75, 3.05) is 24.5 Å². The van der Waals surface area contributed by atoms with Gasteiger partial charge >= 0.3 is 6.18 Å². The summed E-state index contributed by atoms with van der Waals surface area (Å²) >= 11 is 0. The highest BCUT2D eigenvalue weighted by atomic mass is 19.4. The van der Waals surface area contributed by atoms with E-state index < -0.39 is 17.7 Å². The molecule has 2 aliphatic heterocycles. The van der Waals surface area contributed by atoms with Gasteiger partial charge < -0.3 is 14.9 Å². The Hall–Kier alpha value is -3.36. The molecule has 0 spiro atoms. The lowest BCUT2D eigenvalue weighted by Gasteiger charge is -2.33. The predicted octanol–water partition coefficient (Wildman–Crippen LogP) is 3.89. The molecular weight excluding hydrogens is 437 g/mol. The Morgan fingerprint density at radius 1 is 0.970 bits per heavy atom. The van der Waals surface area contributed by atoms with Gasteiger partial charge in [0.2, 0.25) is 11.8 Å². The zero-order chi connectivity index (χ0) is 23.8. The zero-order valence-electron chi connectivity index (χ0n) is 17.7. The van der Waals surface area contributed by atoms with Crippen molar-refractivity contribution in [2.45, 2.75) is 25.4 Å². The fourth-order valence-electron chi connectivity index (χ4n) is 4.45. The molecule has 2 aromatic carbocycles. The second-order valence-electron chi connectivity index (χ2n) is 8.46. The molecular formula is C24H23F3N2O4. The molecule has 2 saturated heterocycles. The number of anilines is 1. The molecule has 2 heterocycles. The minimum Gasteiger partial charge on any atom is -0.508 e. The molecule has 4 rings (SSSR count). The van der Waals surface area contributed by atoms with Crippen LogP contribution in [0, 0.1) is 11.8 Å². The number of amides is 2. The standard InChI is InChI=1S/C24H23F3N2O4/c25-24(26,27)18-2-1-3-19(13-18)29-14-17(12-21(29)31)23(33)28-10-8-16(9-11-28)22(32)15-4-6-20(30)7-5-15/h1-7,13,16-17,30H,8-12,14H2. The molecule has 6 nitrogen and oxygen atoms in total. The lowest BCUT2D eigenvalue weighted by atomic mass is 9.88.